The van der Waals surface area contributed by atoms with Gasteiger partial charge in [-0.1, -0.05) is 30.3 Å². The number of morpholine rings is 1. The molecule has 0 aromatic heterocycles. The van der Waals surface area contributed by atoms with Crippen molar-refractivity contribution in [1.82, 2.24) is 5.43 Å². The van der Waals surface area contributed by atoms with Crippen molar-refractivity contribution in [3.05, 3.63) is 84.4 Å². The second-order valence-electron chi connectivity index (χ2n) is 7.28. The molecule has 1 fully saturated rings. The highest BCUT2D eigenvalue weighted by Gasteiger charge is 2.13. The Labute approximate surface area is 191 Å². The third-order valence-electron chi connectivity index (χ3n) is 4.95. The van der Waals surface area contributed by atoms with Crippen molar-refractivity contribution in [2.75, 3.05) is 36.5 Å². The summed E-state index contributed by atoms with van der Waals surface area (Å²) >= 11 is 0. The van der Waals surface area contributed by atoms with Crippen molar-refractivity contribution in [2.24, 2.45) is 5.10 Å². The number of rotatable bonds is 6. The van der Waals surface area contributed by atoms with Gasteiger partial charge in [-0.15, -0.1) is 0 Å². The number of benzene rings is 3. The molecule has 0 bridgehead atoms. The number of ether oxygens (including phenoxy) is 2. The molecular weight excluding hydrogens is 420 g/mol. The van der Waals surface area contributed by atoms with E-state index in [0.29, 0.717) is 17.2 Å². The summed E-state index contributed by atoms with van der Waals surface area (Å²) in [5.41, 5.74) is 4.63. The summed E-state index contributed by atoms with van der Waals surface area (Å²) < 4.78 is 11.1. The molecule has 3 aromatic carbocycles. The topological polar surface area (TPSA) is 92.3 Å². The monoisotopic (exact) mass is 444 g/mol. The first-order valence-electron chi connectivity index (χ1n) is 10.6. The summed E-state index contributed by atoms with van der Waals surface area (Å²) in [6.07, 6.45) is 1.49. The van der Waals surface area contributed by atoms with Gasteiger partial charge in [-0.05, 0) is 54.1 Å². The predicted molar refractivity (Wildman–Crippen MR) is 127 cm³/mol. The van der Waals surface area contributed by atoms with Crippen LogP contribution in [0.4, 0.5) is 11.4 Å². The summed E-state index contributed by atoms with van der Waals surface area (Å²) in [7, 11) is 0. The molecule has 168 valence electrons. The van der Waals surface area contributed by atoms with E-state index in [0.717, 1.165) is 37.6 Å². The van der Waals surface area contributed by atoms with Gasteiger partial charge in [-0.25, -0.2) is 5.43 Å². The molecule has 1 aliphatic heterocycles. The minimum absolute atomic E-state index is 0.471. The van der Waals surface area contributed by atoms with Crippen LogP contribution in [0.25, 0.3) is 0 Å². The smallest absolute Gasteiger partial charge is 0.329 e. The van der Waals surface area contributed by atoms with Gasteiger partial charge in [-0.2, -0.15) is 5.10 Å². The number of nitrogens with one attached hydrogen (secondary N) is 2. The number of amides is 2. The maximum absolute atomic E-state index is 12.1. The third-order valence-corrected chi connectivity index (χ3v) is 4.95. The summed E-state index contributed by atoms with van der Waals surface area (Å²) in [6, 6.07) is 23.9. The normalized spacial score (nSPS) is 13.5. The molecule has 8 heteroatoms. The van der Waals surface area contributed by atoms with E-state index in [-0.39, 0.29) is 0 Å². The van der Waals surface area contributed by atoms with Crippen LogP contribution in [-0.4, -0.2) is 44.3 Å². The first-order chi connectivity index (χ1) is 16.2. The van der Waals surface area contributed by atoms with Gasteiger partial charge < -0.3 is 19.7 Å². The SMILES string of the molecule is O=C(N/N=C/c1ccc(N2CCOCC2)cc1)C(=O)Nc1ccc(Oc2ccccc2)cc1. The molecule has 0 radical (unpaired) electrons. The van der Waals surface area contributed by atoms with Gasteiger partial charge in [0.05, 0.1) is 19.4 Å². The van der Waals surface area contributed by atoms with Crippen LogP contribution in [0.5, 0.6) is 11.5 Å². The lowest BCUT2D eigenvalue weighted by atomic mass is 10.2. The third kappa shape index (κ3) is 6.41. The molecule has 2 N–H and O–H groups in total. The molecule has 4 rings (SSSR count). The van der Waals surface area contributed by atoms with Gasteiger partial charge in [-0.3, -0.25) is 9.59 Å². The van der Waals surface area contributed by atoms with Gasteiger partial charge in [0.25, 0.3) is 0 Å². The molecule has 3 aromatic rings. The van der Waals surface area contributed by atoms with Crippen molar-refractivity contribution in [3.63, 3.8) is 0 Å². The van der Waals surface area contributed by atoms with Crippen molar-refractivity contribution < 1.29 is 19.1 Å². The van der Waals surface area contributed by atoms with E-state index in [2.05, 4.69) is 20.7 Å². The van der Waals surface area contributed by atoms with Crippen LogP contribution in [-0.2, 0) is 14.3 Å². The van der Waals surface area contributed by atoms with Crippen molar-refractivity contribution in [3.8, 4) is 11.5 Å². The standard InChI is InChI=1S/C25H24N4O4/c30-24(27-20-8-12-23(13-9-20)33-22-4-2-1-3-5-22)25(31)28-26-18-19-6-10-21(11-7-19)29-14-16-32-17-15-29/h1-13,18H,14-17H2,(H,27,30)(H,28,31)/b26-18+. The average Bonchev–Trinajstić information content (AvgIpc) is 2.87. The Kier molecular flexibility index (Phi) is 7.29. The molecular formula is C25H24N4O4. The Morgan fingerprint density at radius 1 is 0.848 bits per heavy atom. The molecule has 0 unspecified atom stereocenters. The molecule has 0 atom stereocenters. The fraction of sp³-hybridized carbons (Fsp3) is 0.160. The first-order valence-corrected chi connectivity index (χ1v) is 10.6. The minimum Gasteiger partial charge on any atom is -0.457 e. The Morgan fingerprint density at radius 2 is 1.52 bits per heavy atom. The highest BCUT2D eigenvalue weighted by atomic mass is 16.5. The van der Waals surface area contributed by atoms with E-state index in [1.54, 1.807) is 24.3 Å². The minimum atomic E-state index is -0.860. The number of anilines is 2. The lowest BCUT2D eigenvalue weighted by Crippen LogP contribution is -2.36. The highest BCUT2D eigenvalue weighted by Crippen LogP contribution is 2.22. The zero-order chi connectivity index (χ0) is 22.9. The van der Waals surface area contributed by atoms with E-state index in [1.165, 1.54) is 6.21 Å². The van der Waals surface area contributed by atoms with Gasteiger partial charge in [0.15, 0.2) is 0 Å². The molecule has 1 saturated heterocycles. The van der Waals surface area contributed by atoms with Gasteiger partial charge in [0.1, 0.15) is 11.5 Å². The molecule has 0 saturated carbocycles. The molecule has 2 amide bonds. The fourth-order valence-corrected chi connectivity index (χ4v) is 3.23. The number of hydrazone groups is 1. The second kappa shape index (κ2) is 10.9. The van der Waals surface area contributed by atoms with Crippen molar-refractivity contribution in [1.29, 1.82) is 0 Å². The van der Waals surface area contributed by atoms with Crippen molar-refractivity contribution >= 4 is 29.4 Å². The molecule has 1 heterocycles. The molecule has 8 nitrogen and oxygen atoms in total. The van der Waals surface area contributed by atoms with E-state index in [1.807, 2.05) is 54.6 Å². The summed E-state index contributed by atoms with van der Waals surface area (Å²) in [5.74, 6) is -0.345. The van der Waals surface area contributed by atoms with Gasteiger partial charge in [0.2, 0.25) is 0 Å². The lowest BCUT2D eigenvalue weighted by Gasteiger charge is -2.28. The van der Waals surface area contributed by atoms with Crippen LogP contribution < -0.4 is 20.4 Å². The van der Waals surface area contributed by atoms with E-state index >= 15 is 0 Å². The number of hydrogen-bond acceptors (Lipinski definition) is 6. The highest BCUT2D eigenvalue weighted by molar-refractivity contribution is 6.39. The summed E-state index contributed by atoms with van der Waals surface area (Å²) in [6.45, 7) is 3.18. The Balaban J connectivity index is 1.24. The fourth-order valence-electron chi connectivity index (χ4n) is 3.23. The number of carbonyl (C=O) groups is 2. The molecule has 0 spiro atoms. The van der Waals surface area contributed by atoms with Crippen LogP contribution in [0.15, 0.2) is 84.0 Å². The van der Waals surface area contributed by atoms with Crippen LogP contribution in [0.1, 0.15) is 5.56 Å². The number of hydrogen-bond donors (Lipinski definition) is 2. The van der Waals surface area contributed by atoms with Crippen LogP contribution in [0.3, 0.4) is 0 Å². The van der Waals surface area contributed by atoms with Crippen LogP contribution in [0, 0.1) is 0 Å². The average molecular weight is 444 g/mol. The van der Waals surface area contributed by atoms with Crippen molar-refractivity contribution in [2.45, 2.75) is 0 Å². The van der Waals surface area contributed by atoms with Gasteiger partial charge >= 0.3 is 11.8 Å². The lowest BCUT2D eigenvalue weighted by molar-refractivity contribution is -0.136. The van der Waals surface area contributed by atoms with Crippen LogP contribution in [0.2, 0.25) is 0 Å². The maximum Gasteiger partial charge on any atom is 0.329 e. The second-order valence-corrected chi connectivity index (χ2v) is 7.28. The van der Waals surface area contributed by atoms with E-state index < -0.39 is 11.8 Å². The number of nitrogens with zero attached hydrogens (tertiary/aromatic N) is 2. The number of para-hydroxylation sites is 1. The van der Waals surface area contributed by atoms with E-state index in [4.69, 9.17) is 9.47 Å². The summed E-state index contributed by atoms with van der Waals surface area (Å²) in [4.78, 5) is 26.4. The molecule has 0 aliphatic carbocycles. The predicted octanol–water partition coefficient (Wildman–Crippen LogP) is 3.40. The van der Waals surface area contributed by atoms with E-state index in [9.17, 15) is 9.59 Å². The Hall–Kier alpha value is -4.17. The van der Waals surface area contributed by atoms with Gasteiger partial charge in [0, 0.05) is 24.5 Å². The quantitative estimate of drug-likeness (QED) is 0.345. The largest absolute Gasteiger partial charge is 0.457 e. The molecule has 1 aliphatic rings. The molecule has 33 heavy (non-hydrogen) atoms. The Morgan fingerprint density at radius 3 is 2.21 bits per heavy atom. The zero-order valence-electron chi connectivity index (χ0n) is 17.9. The van der Waals surface area contributed by atoms with Crippen LogP contribution >= 0.6 is 0 Å². The zero-order valence-corrected chi connectivity index (χ0v) is 17.9. The number of carbonyl (C=O) groups excluding carboxylic acids is 2. The first kappa shape index (κ1) is 22.0. The Bertz CT molecular complexity index is 1090. The summed E-state index contributed by atoms with van der Waals surface area (Å²) in [5, 5.41) is 6.40. The maximum atomic E-state index is 12.1.